The van der Waals surface area contributed by atoms with Gasteiger partial charge in [-0.1, -0.05) is 13.8 Å². The summed E-state index contributed by atoms with van der Waals surface area (Å²) >= 11 is 3.58. The second-order valence-electron chi connectivity index (χ2n) is 4.11. The number of nitrogens with one attached hydrogen (secondary N) is 1. The summed E-state index contributed by atoms with van der Waals surface area (Å²) in [7, 11) is 0. The van der Waals surface area contributed by atoms with Gasteiger partial charge in [-0.25, -0.2) is 0 Å². The normalized spacial score (nSPS) is 12.8. The number of halogens is 1. The van der Waals surface area contributed by atoms with Gasteiger partial charge in [0.15, 0.2) is 0 Å². The number of aromatic nitrogens is 2. The molecule has 0 amide bonds. The van der Waals surface area contributed by atoms with E-state index in [0.717, 1.165) is 35.4 Å². The zero-order chi connectivity index (χ0) is 13.0. The van der Waals surface area contributed by atoms with Gasteiger partial charge in [-0.05, 0) is 41.0 Å². The van der Waals surface area contributed by atoms with Crippen LogP contribution in [-0.2, 0) is 6.54 Å². The fraction of sp³-hybridized carbons (Fsp3) is 0.462. The topological polar surface area (TPSA) is 43.0 Å². The average molecular weight is 312 g/mol. The molecular formula is C13H18BrN3O. The Kier molecular flexibility index (Phi) is 4.60. The van der Waals surface area contributed by atoms with Crippen LogP contribution in [0.4, 0.5) is 0 Å². The van der Waals surface area contributed by atoms with Gasteiger partial charge in [0.2, 0.25) is 0 Å². The molecule has 0 aromatic carbocycles. The molecule has 2 aromatic rings. The zero-order valence-electron chi connectivity index (χ0n) is 10.7. The van der Waals surface area contributed by atoms with Crippen molar-refractivity contribution in [3.63, 3.8) is 0 Å². The molecule has 0 spiro atoms. The highest BCUT2D eigenvalue weighted by Gasteiger charge is 2.22. The van der Waals surface area contributed by atoms with Crippen LogP contribution in [0.15, 0.2) is 33.5 Å². The molecule has 2 rings (SSSR count). The lowest BCUT2D eigenvalue weighted by molar-refractivity contribution is 0.428. The van der Waals surface area contributed by atoms with Gasteiger partial charge >= 0.3 is 0 Å². The molecule has 0 aliphatic rings. The van der Waals surface area contributed by atoms with E-state index in [1.807, 2.05) is 23.0 Å². The molecule has 5 heteroatoms. The Morgan fingerprint density at radius 1 is 1.50 bits per heavy atom. The summed E-state index contributed by atoms with van der Waals surface area (Å²) < 4.78 is 8.58. The molecule has 0 bridgehead atoms. The van der Waals surface area contributed by atoms with Gasteiger partial charge in [-0.15, -0.1) is 0 Å². The van der Waals surface area contributed by atoms with Gasteiger partial charge < -0.3 is 9.73 Å². The molecule has 1 N–H and O–H groups in total. The SMILES string of the molecule is CCCn1ncc(Br)c1C(NCC)c1ccco1. The second-order valence-corrected chi connectivity index (χ2v) is 4.96. The quantitative estimate of drug-likeness (QED) is 0.889. The molecule has 0 radical (unpaired) electrons. The number of nitrogens with zero attached hydrogens (tertiary/aromatic N) is 2. The van der Waals surface area contributed by atoms with Gasteiger partial charge in [-0.2, -0.15) is 5.10 Å². The third-order valence-electron chi connectivity index (χ3n) is 2.78. The molecule has 98 valence electrons. The van der Waals surface area contributed by atoms with Crippen molar-refractivity contribution in [1.82, 2.24) is 15.1 Å². The van der Waals surface area contributed by atoms with E-state index >= 15 is 0 Å². The van der Waals surface area contributed by atoms with Gasteiger partial charge in [0.05, 0.1) is 22.6 Å². The van der Waals surface area contributed by atoms with Crippen molar-refractivity contribution in [3.05, 3.63) is 40.5 Å². The first-order chi connectivity index (χ1) is 8.77. The Labute approximate surface area is 115 Å². The van der Waals surface area contributed by atoms with Crippen molar-refractivity contribution in [1.29, 1.82) is 0 Å². The standard InChI is InChI=1S/C13H18BrN3O/c1-3-7-17-13(10(14)9-16-17)12(15-4-2)11-6-5-8-18-11/h5-6,8-9,12,15H,3-4,7H2,1-2H3. The van der Waals surface area contributed by atoms with Crippen LogP contribution in [0.2, 0.25) is 0 Å². The van der Waals surface area contributed by atoms with Crippen molar-refractivity contribution in [3.8, 4) is 0 Å². The summed E-state index contributed by atoms with van der Waals surface area (Å²) in [5.41, 5.74) is 1.12. The Morgan fingerprint density at radius 3 is 2.94 bits per heavy atom. The number of aryl methyl sites for hydroxylation is 1. The Morgan fingerprint density at radius 2 is 2.33 bits per heavy atom. The molecule has 0 aliphatic carbocycles. The van der Waals surface area contributed by atoms with E-state index in [9.17, 15) is 0 Å². The summed E-state index contributed by atoms with van der Waals surface area (Å²) in [5, 5.41) is 7.85. The highest BCUT2D eigenvalue weighted by atomic mass is 79.9. The highest BCUT2D eigenvalue weighted by molar-refractivity contribution is 9.10. The molecule has 2 aromatic heterocycles. The molecule has 0 saturated carbocycles. The van der Waals surface area contributed by atoms with Gasteiger partial charge in [-0.3, -0.25) is 4.68 Å². The molecule has 4 nitrogen and oxygen atoms in total. The first kappa shape index (κ1) is 13.4. The monoisotopic (exact) mass is 311 g/mol. The summed E-state index contributed by atoms with van der Waals surface area (Å²) in [5.74, 6) is 0.912. The van der Waals surface area contributed by atoms with Crippen LogP contribution in [0.3, 0.4) is 0 Å². The van der Waals surface area contributed by atoms with Crippen molar-refractivity contribution in [2.24, 2.45) is 0 Å². The first-order valence-electron chi connectivity index (χ1n) is 6.25. The number of rotatable bonds is 6. The van der Waals surface area contributed by atoms with Gasteiger partial charge in [0.25, 0.3) is 0 Å². The molecule has 0 saturated heterocycles. The molecule has 1 atom stereocenters. The lowest BCUT2D eigenvalue weighted by Crippen LogP contribution is -2.25. The lowest BCUT2D eigenvalue weighted by atomic mass is 10.1. The van der Waals surface area contributed by atoms with Gasteiger partial charge in [0.1, 0.15) is 11.8 Å². The molecule has 0 fully saturated rings. The van der Waals surface area contributed by atoms with E-state index in [0.29, 0.717) is 0 Å². The van der Waals surface area contributed by atoms with E-state index in [2.05, 4.69) is 40.2 Å². The van der Waals surface area contributed by atoms with Crippen LogP contribution in [0, 0.1) is 0 Å². The van der Waals surface area contributed by atoms with E-state index in [-0.39, 0.29) is 6.04 Å². The van der Waals surface area contributed by atoms with E-state index in [4.69, 9.17) is 4.42 Å². The third kappa shape index (κ3) is 2.67. The lowest BCUT2D eigenvalue weighted by Gasteiger charge is -2.18. The number of furan rings is 1. The maximum atomic E-state index is 5.54. The zero-order valence-corrected chi connectivity index (χ0v) is 12.3. The fourth-order valence-electron chi connectivity index (χ4n) is 2.04. The smallest absolute Gasteiger partial charge is 0.126 e. The minimum absolute atomic E-state index is 0.0356. The first-order valence-corrected chi connectivity index (χ1v) is 7.05. The minimum atomic E-state index is 0.0356. The highest BCUT2D eigenvalue weighted by Crippen LogP contribution is 2.29. The molecule has 1 unspecified atom stereocenters. The van der Waals surface area contributed by atoms with Crippen molar-refractivity contribution in [2.45, 2.75) is 32.9 Å². The third-order valence-corrected chi connectivity index (χ3v) is 3.39. The van der Waals surface area contributed by atoms with Crippen LogP contribution in [-0.4, -0.2) is 16.3 Å². The molecular weight excluding hydrogens is 294 g/mol. The van der Waals surface area contributed by atoms with Crippen molar-refractivity contribution >= 4 is 15.9 Å². The minimum Gasteiger partial charge on any atom is -0.467 e. The maximum Gasteiger partial charge on any atom is 0.126 e. The summed E-state index contributed by atoms with van der Waals surface area (Å²) in [6.45, 7) is 6.01. The van der Waals surface area contributed by atoms with Crippen LogP contribution in [0.1, 0.15) is 37.8 Å². The largest absolute Gasteiger partial charge is 0.467 e. The van der Waals surface area contributed by atoms with Crippen LogP contribution in [0.25, 0.3) is 0 Å². The van der Waals surface area contributed by atoms with E-state index in [1.165, 1.54) is 0 Å². The van der Waals surface area contributed by atoms with Crippen LogP contribution in [0.5, 0.6) is 0 Å². The van der Waals surface area contributed by atoms with Crippen LogP contribution >= 0.6 is 15.9 Å². The Hall–Kier alpha value is -1.07. The van der Waals surface area contributed by atoms with Crippen molar-refractivity contribution < 1.29 is 4.42 Å². The number of hydrogen-bond acceptors (Lipinski definition) is 3. The summed E-state index contributed by atoms with van der Waals surface area (Å²) in [6, 6.07) is 3.94. The van der Waals surface area contributed by atoms with E-state index in [1.54, 1.807) is 6.26 Å². The van der Waals surface area contributed by atoms with Crippen molar-refractivity contribution in [2.75, 3.05) is 6.54 Å². The predicted octanol–water partition coefficient (Wildman–Crippen LogP) is 3.35. The van der Waals surface area contributed by atoms with E-state index < -0.39 is 0 Å². The molecule has 0 aliphatic heterocycles. The van der Waals surface area contributed by atoms with Crippen LogP contribution < -0.4 is 5.32 Å². The second kappa shape index (κ2) is 6.20. The predicted molar refractivity (Wildman–Crippen MR) is 74.4 cm³/mol. The Bertz CT molecular complexity index is 478. The summed E-state index contributed by atoms with van der Waals surface area (Å²) in [6.07, 6.45) is 4.60. The molecule has 18 heavy (non-hydrogen) atoms. The fourth-order valence-corrected chi connectivity index (χ4v) is 2.57. The number of hydrogen-bond donors (Lipinski definition) is 1. The Balaban J connectivity index is 2.39. The molecule has 2 heterocycles. The maximum absolute atomic E-state index is 5.54. The average Bonchev–Trinajstić information content (AvgIpc) is 2.98. The van der Waals surface area contributed by atoms with Gasteiger partial charge in [0, 0.05) is 6.54 Å². The summed E-state index contributed by atoms with van der Waals surface area (Å²) in [4.78, 5) is 0.